The summed E-state index contributed by atoms with van der Waals surface area (Å²) in [5.74, 6) is -1.52. The molecule has 0 amide bonds. The Hall–Kier alpha value is -2.47. The number of ketones is 1. The highest BCUT2D eigenvalue weighted by atomic mass is 16.5. The van der Waals surface area contributed by atoms with Gasteiger partial charge in [-0.1, -0.05) is 36.4 Å². The minimum Gasteiger partial charge on any atom is -0.466 e. The number of Topliss-reactive ketones (excluding diaryl/α,β-unsaturated/α-hetero) is 1. The van der Waals surface area contributed by atoms with Crippen molar-refractivity contribution in [1.29, 1.82) is 0 Å². The first-order chi connectivity index (χ1) is 10.9. The molecule has 0 aliphatic rings. The van der Waals surface area contributed by atoms with Crippen LogP contribution in [0.2, 0.25) is 0 Å². The highest BCUT2D eigenvalue weighted by molar-refractivity contribution is 6.00. The Morgan fingerprint density at radius 1 is 1.22 bits per heavy atom. The molecule has 1 aromatic rings. The summed E-state index contributed by atoms with van der Waals surface area (Å²) in [7, 11) is 1.24. The van der Waals surface area contributed by atoms with Gasteiger partial charge < -0.3 is 15.2 Å². The molecule has 0 heterocycles. The van der Waals surface area contributed by atoms with E-state index in [2.05, 4.69) is 4.74 Å². The number of ether oxygens (including phenoxy) is 2. The maximum atomic E-state index is 12.3. The zero-order valence-electron chi connectivity index (χ0n) is 13.3. The van der Waals surface area contributed by atoms with Crippen LogP contribution in [0.15, 0.2) is 42.5 Å². The van der Waals surface area contributed by atoms with Crippen molar-refractivity contribution in [2.24, 2.45) is 5.73 Å². The molecular formula is C17H21NO5. The lowest BCUT2D eigenvalue weighted by Gasteiger charge is -2.25. The molecule has 1 aromatic carbocycles. The topological polar surface area (TPSA) is 95.7 Å². The van der Waals surface area contributed by atoms with E-state index in [1.54, 1.807) is 37.3 Å². The lowest BCUT2D eigenvalue weighted by Crippen LogP contribution is -2.50. The van der Waals surface area contributed by atoms with Gasteiger partial charge in [0.15, 0.2) is 5.78 Å². The molecule has 23 heavy (non-hydrogen) atoms. The minimum atomic E-state index is -1.53. The lowest BCUT2D eigenvalue weighted by molar-refractivity contribution is -0.149. The zero-order chi connectivity index (χ0) is 17.3. The molecular weight excluding hydrogens is 298 g/mol. The number of hydrogen-bond donors (Lipinski definition) is 1. The first-order valence-electron chi connectivity index (χ1n) is 7.21. The Morgan fingerprint density at radius 2 is 1.87 bits per heavy atom. The van der Waals surface area contributed by atoms with Gasteiger partial charge in [-0.2, -0.15) is 0 Å². The molecule has 0 saturated heterocycles. The van der Waals surface area contributed by atoms with E-state index in [1.807, 2.05) is 0 Å². The molecule has 1 rings (SSSR count). The van der Waals surface area contributed by atoms with Crippen LogP contribution >= 0.6 is 0 Å². The fraction of sp³-hybridized carbons (Fsp3) is 0.353. The molecule has 6 heteroatoms. The summed E-state index contributed by atoms with van der Waals surface area (Å²) in [6.45, 7) is 1.81. The van der Waals surface area contributed by atoms with Gasteiger partial charge in [0.1, 0.15) is 5.54 Å². The van der Waals surface area contributed by atoms with Crippen LogP contribution in [0.4, 0.5) is 0 Å². The number of carbonyl (C=O) groups is 3. The van der Waals surface area contributed by atoms with Gasteiger partial charge >= 0.3 is 11.9 Å². The fourth-order valence-corrected chi connectivity index (χ4v) is 1.95. The van der Waals surface area contributed by atoms with Gasteiger partial charge in [0.05, 0.1) is 13.7 Å². The van der Waals surface area contributed by atoms with Crippen LogP contribution in [0, 0.1) is 0 Å². The third kappa shape index (κ3) is 5.67. The quantitative estimate of drug-likeness (QED) is 0.444. The van der Waals surface area contributed by atoms with Gasteiger partial charge in [0, 0.05) is 18.1 Å². The van der Waals surface area contributed by atoms with Crippen LogP contribution in [-0.2, 0) is 19.1 Å². The molecule has 124 valence electrons. The monoisotopic (exact) mass is 319 g/mol. The molecule has 0 aliphatic carbocycles. The van der Waals surface area contributed by atoms with Gasteiger partial charge in [-0.05, 0) is 13.3 Å². The number of esters is 2. The number of nitrogens with two attached hydrogens (primary N) is 1. The molecule has 1 atom stereocenters. The van der Waals surface area contributed by atoms with Crippen LogP contribution in [-0.4, -0.2) is 37.0 Å². The second kappa shape index (κ2) is 8.85. The van der Waals surface area contributed by atoms with Crippen LogP contribution in [0.5, 0.6) is 0 Å². The van der Waals surface area contributed by atoms with Crippen molar-refractivity contribution < 1.29 is 23.9 Å². The molecule has 0 spiro atoms. The molecule has 6 nitrogen and oxygen atoms in total. The van der Waals surface area contributed by atoms with Crippen LogP contribution < -0.4 is 5.73 Å². The molecule has 2 N–H and O–H groups in total. The van der Waals surface area contributed by atoms with Crippen LogP contribution in [0.1, 0.15) is 30.1 Å². The normalized spacial score (nSPS) is 13.3. The standard InChI is InChI=1S/C17H21NO5/c1-3-23-16(21)17(18,11-7-10-15(20)22-2)12-14(19)13-8-5-4-6-9-13/h4-10H,3,11-12,18H2,1-2H3/b10-7+/t17-/m1/s1. The molecule has 0 aliphatic heterocycles. The average Bonchev–Trinajstić information content (AvgIpc) is 2.55. The van der Waals surface area contributed by atoms with E-state index in [-0.39, 0.29) is 25.2 Å². The fourth-order valence-electron chi connectivity index (χ4n) is 1.95. The van der Waals surface area contributed by atoms with Gasteiger partial charge in [0.2, 0.25) is 0 Å². The van der Waals surface area contributed by atoms with Gasteiger partial charge in [-0.15, -0.1) is 0 Å². The van der Waals surface area contributed by atoms with Crippen LogP contribution in [0.3, 0.4) is 0 Å². The predicted octanol–water partition coefficient (Wildman–Crippen LogP) is 1.64. The van der Waals surface area contributed by atoms with E-state index in [4.69, 9.17) is 10.5 Å². The van der Waals surface area contributed by atoms with Gasteiger partial charge in [-0.3, -0.25) is 9.59 Å². The Kier molecular flexibility index (Phi) is 7.15. The Bertz CT molecular complexity index is 582. The molecule has 0 unspecified atom stereocenters. The molecule has 0 bridgehead atoms. The minimum absolute atomic E-state index is 0.0144. The molecule has 0 fully saturated rings. The molecule has 0 radical (unpaired) electrons. The second-order valence-electron chi connectivity index (χ2n) is 4.97. The Balaban J connectivity index is 2.91. The summed E-state index contributed by atoms with van der Waals surface area (Å²) in [6, 6.07) is 8.55. The largest absolute Gasteiger partial charge is 0.466 e. The van der Waals surface area contributed by atoms with E-state index in [0.717, 1.165) is 6.08 Å². The summed E-state index contributed by atoms with van der Waals surface area (Å²) in [4.78, 5) is 35.6. The zero-order valence-corrected chi connectivity index (χ0v) is 13.3. The average molecular weight is 319 g/mol. The SMILES string of the molecule is CCOC(=O)[C@@](N)(C/C=C/C(=O)OC)CC(=O)c1ccccc1. The van der Waals surface area contributed by atoms with Gasteiger partial charge in [0.25, 0.3) is 0 Å². The lowest BCUT2D eigenvalue weighted by atomic mass is 9.88. The van der Waals surface area contributed by atoms with E-state index in [1.165, 1.54) is 13.2 Å². The third-order valence-corrected chi connectivity index (χ3v) is 3.19. The highest BCUT2D eigenvalue weighted by Crippen LogP contribution is 2.19. The molecule has 0 saturated carbocycles. The predicted molar refractivity (Wildman–Crippen MR) is 84.7 cm³/mol. The van der Waals surface area contributed by atoms with E-state index in [9.17, 15) is 14.4 Å². The van der Waals surface area contributed by atoms with Crippen molar-refractivity contribution in [3.8, 4) is 0 Å². The van der Waals surface area contributed by atoms with Crippen LogP contribution in [0.25, 0.3) is 0 Å². The maximum absolute atomic E-state index is 12.3. The van der Waals surface area contributed by atoms with Crippen molar-refractivity contribution in [2.45, 2.75) is 25.3 Å². The highest BCUT2D eigenvalue weighted by Gasteiger charge is 2.37. The number of rotatable bonds is 8. The van der Waals surface area contributed by atoms with Crippen molar-refractivity contribution >= 4 is 17.7 Å². The number of hydrogen-bond acceptors (Lipinski definition) is 6. The third-order valence-electron chi connectivity index (χ3n) is 3.19. The number of carbonyl (C=O) groups excluding carboxylic acids is 3. The summed E-state index contributed by atoms with van der Waals surface area (Å²) >= 11 is 0. The Labute approximate surface area is 135 Å². The van der Waals surface area contributed by atoms with Gasteiger partial charge in [-0.25, -0.2) is 4.79 Å². The summed E-state index contributed by atoms with van der Waals surface area (Å²) in [5.41, 5.74) is 5.02. The smallest absolute Gasteiger partial charge is 0.330 e. The van der Waals surface area contributed by atoms with E-state index >= 15 is 0 Å². The maximum Gasteiger partial charge on any atom is 0.330 e. The molecule has 0 aromatic heterocycles. The number of benzene rings is 1. The van der Waals surface area contributed by atoms with Crippen molar-refractivity contribution in [2.75, 3.05) is 13.7 Å². The first-order valence-corrected chi connectivity index (χ1v) is 7.21. The summed E-state index contributed by atoms with van der Waals surface area (Å²) in [5, 5.41) is 0. The summed E-state index contributed by atoms with van der Waals surface area (Å²) in [6.07, 6.45) is 2.33. The van der Waals surface area contributed by atoms with Crippen molar-refractivity contribution in [1.82, 2.24) is 0 Å². The van der Waals surface area contributed by atoms with E-state index in [0.29, 0.717) is 5.56 Å². The number of methoxy groups -OCH3 is 1. The van der Waals surface area contributed by atoms with Crippen molar-refractivity contribution in [3.05, 3.63) is 48.0 Å². The Morgan fingerprint density at radius 3 is 2.43 bits per heavy atom. The first kappa shape index (κ1) is 18.6. The van der Waals surface area contributed by atoms with Crippen molar-refractivity contribution in [3.63, 3.8) is 0 Å². The summed E-state index contributed by atoms with van der Waals surface area (Å²) < 4.78 is 9.44. The van der Waals surface area contributed by atoms with E-state index < -0.39 is 17.5 Å². The second-order valence-corrected chi connectivity index (χ2v) is 4.97.